The summed E-state index contributed by atoms with van der Waals surface area (Å²) in [5.41, 5.74) is 16.9. The maximum atomic E-state index is 6.34. The molecule has 0 N–H and O–H groups in total. The maximum Gasteiger partial charge on any atom is 0.136 e. The summed E-state index contributed by atoms with van der Waals surface area (Å²) in [6.45, 7) is 0. The summed E-state index contributed by atoms with van der Waals surface area (Å²) in [6, 6.07) is 84.2. The van der Waals surface area contributed by atoms with E-state index in [9.17, 15) is 0 Å². The molecule has 0 aliphatic carbocycles. The number of fused-ring (bicyclic) bond motifs is 1. The van der Waals surface area contributed by atoms with E-state index in [4.69, 9.17) is 4.42 Å². The van der Waals surface area contributed by atoms with E-state index in [1.54, 1.807) is 0 Å². The molecule has 2 nitrogen and oxygen atoms in total. The van der Waals surface area contributed by atoms with E-state index < -0.39 is 0 Å². The Hall–Kier alpha value is -7.68. The van der Waals surface area contributed by atoms with Crippen molar-refractivity contribution >= 4 is 28.0 Å². The highest BCUT2D eigenvalue weighted by Crippen LogP contribution is 2.43. The summed E-state index contributed by atoms with van der Waals surface area (Å²) in [5.74, 6) is 0.865. The molecular formula is C56H39NO. The lowest BCUT2D eigenvalue weighted by Gasteiger charge is -2.28. The van der Waals surface area contributed by atoms with E-state index in [-0.39, 0.29) is 0 Å². The Kier molecular flexibility index (Phi) is 9.27. The third-order valence-corrected chi connectivity index (χ3v) is 10.9. The zero-order chi connectivity index (χ0) is 38.7. The lowest BCUT2D eigenvalue weighted by molar-refractivity contribution is 0.632. The predicted molar refractivity (Wildman–Crippen MR) is 244 cm³/mol. The molecule has 1 aromatic heterocycles. The van der Waals surface area contributed by atoms with Gasteiger partial charge in [0.25, 0.3) is 0 Å². The first-order valence-electron chi connectivity index (χ1n) is 19.7. The van der Waals surface area contributed by atoms with Crippen LogP contribution < -0.4 is 4.90 Å². The number of nitrogens with zero attached hydrogens (tertiary/aromatic N) is 1. The Bertz CT molecular complexity index is 2930. The van der Waals surface area contributed by atoms with Gasteiger partial charge in [-0.15, -0.1) is 0 Å². The Labute approximate surface area is 339 Å². The van der Waals surface area contributed by atoms with Crippen molar-refractivity contribution in [2.45, 2.75) is 0 Å². The number of hydrogen-bond acceptors (Lipinski definition) is 2. The normalized spacial score (nSPS) is 11.1. The molecule has 0 saturated carbocycles. The van der Waals surface area contributed by atoms with E-state index in [2.05, 4.69) is 223 Å². The van der Waals surface area contributed by atoms with E-state index in [0.717, 1.165) is 61.6 Å². The molecule has 0 spiro atoms. The number of para-hydroxylation sites is 2. The summed E-state index contributed by atoms with van der Waals surface area (Å²) in [6.07, 6.45) is 0. The van der Waals surface area contributed by atoms with Crippen molar-refractivity contribution in [3.05, 3.63) is 237 Å². The molecule has 0 atom stereocenters. The second-order valence-corrected chi connectivity index (χ2v) is 14.5. The lowest BCUT2D eigenvalue weighted by Crippen LogP contribution is -2.11. The van der Waals surface area contributed by atoms with Gasteiger partial charge in [0, 0.05) is 27.9 Å². The van der Waals surface area contributed by atoms with Gasteiger partial charge in [-0.25, -0.2) is 0 Å². The maximum absolute atomic E-state index is 6.34. The van der Waals surface area contributed by atoms with Crippen LogP contribution in [-0.2, 0) is 0 Å². The van der Waals surface area contributed by atoms with Gasteiger partial charge < -0.3 is 9.32 Å². The predicted octanol–water partition coefficient (Wildman–Crippen LogP) is 15.9. The molecule has 58 heavy (non-hydrogen) atoms. The molecule has 0 aliphatic heterocycles. The molecule has 0 unspecified atom stereocenters. The fourth-order valence-corrected chi connectivity index (χ4v) is 7.98. The van der Waals surface area contributed by atoms with Crippen LogP contribution in [0.1, 0.15) is 0 Å². The third kappa shape index (κ3) is 6.89. The number of hydrogen-bond donors (Lipinski definition) is 0. The number of rotatable bonds is 9. The van der Waals surface area contributed by atoms with Crippen molar-refractivity contribution < 1.29 is 4.42 Å². The van der Waals surface area contributed by atoms with E-state index in [0.29, 0.717) is 0 Å². The highest BCUT2D eigenvalue weighted by atomic mass is 16.3. The van der Waals surface area contributed by atoms with E-state index in [1.807, 2.05) is 18.2 Å². The average molecular weight is 742 g/mol. The molecule has 0 bridgehead atoms. The van der Waals surface area contributed by atoms with Crippen molar-refractivity contribution in [2.75, 3.05) is 4.90 Å². The first-order chi connectivity index (χ1) is 28.7. The molecular weight excluding hydrogens is 703 g/mol. The number of furan rings is 1. The van der Waals surface area contributed by atoms with Crippen molar-refractivity contribution in [3.63, 3.8) is 0 Å². The van der Waals surface area contributed by atoms with Gasteiger partial charge in [-0.1, -0.05) is 188 Å². The molecule has 274 valence electrons. The highest BCUT2D eigenvalue weighted by Gasteiger charge is 2.19. The lowest BCUT2D eigenvalue weighted by atomic mass is 9.96. The summed E-state index contributed by atoms with van der Waals surface area (Å²) < 4.78 is 6.34. The topological polar surface area (TPSA) is 16.4 Å². The quantitative estimate of drug-likeness (QED) is 0.146. The zero-order valence-electron chi connectivity index (χ0n) is 31.9. The first-order valence-corrected chi connectivity index (χ1v) is 19.7. The van der Waals surface area contributed by atoms with Crippen molar-refractivity contribution in [3.8, 4) is 67.0 Å². The third-order valence-electron chi connectivity index (χ3n) is 10.9. The van der Waals surface area contributed by atoms with Gasteiger partial charge in [-0.3, -0.25) is 0 Å². The fraction of sp³-hybridized carbons (Fsp3) is 0. The standard InChI is InChI=1S/C56H39NO/c1-3-14-40(15-4-1)42-26-28-45(29-27-42)52-22-10-11-24-54(52)57(49-34-30-43(31-35-49)47-20-13-19-46(38-47)41-16-5-2-6-17-41)50-36-32-44(33-37-50)51-21-8-9-23-53(51)56-39-48-18-7-12-25-55(48)58-56/h1-39H. The Morgan fingerprint density at radius 2 is 0.707 bits per heavy atom. The van der Waals surface area contributed by atoms with E-state index in [1.165, 1.54) is 33.4 Å². The van der Waals surface area contributed by atoms with Gasteiger partial charge in [-0.2, -0.15) is 0 Å². The Balaban J connectivity index is 1.05. The van der Waals surface area contributed by atoms with Crippen LogP contribution >= 0.6 is 0 Å². The average Bonchev–Trinajstić information content (AvgIpc) is 3.75. The number of anilines is 3. The minimum Gasteiger partial charge on any atom is -0.456 e. The van der Waals surface area contributed by atoms with Crippen LogP contribution in [0.2, 0.25) is 0 Å². The summed E-state index contributed by atoms with van der Waals surface area (Å²) in [4.78, 5) is 2.37. The van der Waals surface area contributed by atoms with Crippen molar-refractivity contribution in [1.29, 1.82) is 0 Å². The minimum absolute atomic E-state index is 0.865. The van der Waals surface area contributed by atoms with Crippen LogP contribution in [0, 0.1) is 0 Å². The molecule has 9 aromatic carbocycles. The zero-order valence-corrected chi connectivity index (χ0v) is 31.9. The van der Waals surface area contributed by atoms with Crippen LogP contribution in [0.15, 0.2) is 241 Å². The Morgan fingerprint density at radius 1 is 0.276 bits per heavy atom. The van der Waals surface area contributed by atoms with Gasteiger partial charge in [0.05, 0.1) is 5.69 Å². The summed E-state index contributed by atoms with van der Waals surface area (Å²) >= 11 is 0. The number of benzene rings is 9. The molecule has 0 aliphatic rings. The second kappa shape index (κ2) is 15.5. The SMILES string of the molecule is c1ccc(-c2ccc(-c3ccccc3N(c3ccc(-c4cccc(-c5ccccc5)c4)cc3)c3ccc(-c4ccccc4-c4cc5ccccc5o4)cc3)cc2)cc1. The molecule has 10 rings (SSSR count). The first kappa shape index (κ1) is 34.8. The van der Waals surface area contributed by atoms with Crippen LogP contribution in [0.25, 0.3) is 77.9 Å². The monoisotopic (exact) mass is 741 g/mol. The molecule has 10 aromatic rings. The van der Waals surface area contributed by atoms with Crippen molar-refractivity contribution in [1.82, 2.24) is 0 Å². The fourth-order valence-electron chi connectivity index (χ4n) is 7.98. The van der Waals surface area contributed by atoms with Gasteiger partial charge in [0.2, 0.25) is 0 Å². The summed E-state index contributed by atoms with van der Waals surface area (Å²) in [5, 5.41) is 1.10. The Morgan fingerprint density at radius 3 is 1.36 bits per heavy atom. The van der Waals surface area contributed by atoms with Gasteiger partial charge in [-0.05, 0) is 98.6 Å². The smallest absolute Gasteiger partial charge is 0.136 e. The molecule has 0 fully saturated rings. The van der Waals surface area contributed by atoms with Crippen LogP contribution in [0.3, 0.4) is 0 Å². The molecule has 0 amide bonds. The van der Waals surface area contributed by atoms with Crippen molar-refractivity contribution in [2.24, 2.45) is 0 Å². The summed E-state index contributed by atoms with van der Waals surface area (Å²) in [7, 11) is 0. The van der Waals surface area contributed by atoms with Crippen LogP contribution in [-0.4, -0.2) is 0 Å². The van der Waals surface area contributed by atoms with Gasteiger partial charge in [0.15, 0.2) is 0 Å². The minimum atomic E-state index is 0.865. The largest absolute Gasteiger partial charge is 0.456 e. The van der Waals surface area contributed by atoms with E-state index >= 15 is 0 Å². The highest BCUT2D eigenvalue weighted by molar-refractivity contribution is 5.91. The van der Waals surface area contributed by atoms with Gasteiger partial charge in [0.1, 0.15) is 11.3 Å². The molecule has 1 heterocycles. The molecule has 0 radical (unpaired) electrons. The van der Waals surface area contributed by atoms with Crippen LogP contribution in [0.5, 0.6) is 0 Å². The van der Waals surface area contributed by atoms with Crippen LogP contribution in [0.4, 0.5) is 17.1 Å². The molecule has 0 saturated heterocycles. The van der Waals surface area contributed by atoms with Gasteiger partial charge >= 0.3 is 0 Å². The molecule has 2 heteroatoms. The second-order valence-electron chi connectivity index (χ2n) is 14.5.